The SMILES string of the molecule is C/C=C(\C=C/C=O)c1ccc(C)cc1. The van der Waals surface area contributed by atoms with Gasteiger partial charge in [-0.2, -0.15) is 0 Å². The van der Waals surface area contributed by atoms with E-state index in [1.54, 1.807) is 0 Å². The van der Waals surface area contributed by atoms with Gasteiger partial charge < -0.3 is 0 Å². The van der Waals surface area contributed by atoms with Crippen molar-refractivity contribution < 1.29 is 4.79 Å². The zero-order chi connectivity index (χ0) is 10.4. The molecule has 0 bridgehead atoms. The van der Waals surface area contributed by atoms with Gasteiger partial charge in [-0.25, -0.2) is 0 Å². The minimum Gasteiger partial charge on any atom is -0.299 e. The molecule has 1 rings (SSSR count). The van der Waals surface area contributed by atoms with Crippen LogP contribution >= 0.6 is 0 Å². The Hall–Kier alpha value is -1.63. The van der Waals surface area contributed by atoms with E-state index >= 15 is 0 Å². The predicted molar refractivity (Wildman–Crippen MR) is 60.0 cm³/mol. The van der Waals surface area contributed by atoms with Gasteiger partial charge in [0.05, 0.1) is 0 Å². The van der Waals surface area contributed by atoms with Crippen molar-refractivity contribution in [2.45, 2.75) is 13.8 Å². The van der Waals surface area contributed by atoms with Crippen LogP contribution in [0.3, 0.4) is 0 Å². The number of carbonyl (C=O) groups excluding carboxylic acids is 1. The fourth-order valence-corrected chi connectivity index (χ4v) is 1.25. The summed E-state index contributed by atoms with van der Waals surface area (Å²) in [4.78, 5) is 10.2. The molecule has 14 heavy (non-hydrogen) atoms. The Bertz CT molecular complexity index is 355. The number of rotatable bonds is 3. The van der Waals surface area contributed by atoms with E-state index in [-0.39, 0.29) is 0 Å². The molecule has 1 aromatic rings. The molecule has 0 aromatic heterocycles. The van der Waals surface area contributed by atoms with Crippen molar-refractivity contribution in [2.24, 2.45) is 0 Å². The molecule has 0 saturated heterocycles. The fourth-order valence-electron chi connectivity index (χ4n) is 1.25. The van der Waals surface area contributed by atoms with Crippen molar-refractivity contribution in [3.63, 3.8) is 0 Å². The molecule has 0 saturated carbocycles. The van der Waals surface area contributed by atoms with E-state index in [4.69, 9.17) is 0 Å². The minimum absolute atomic E-state index is 0.789. The van der Waals surface area contributed by atoms with Crippen LogP contribution in [0.5, 0.6) is 0 Å². The summed E-state index contributed by atoms with van der Waals surface area (Å²) in [5.74, 6) is 0. The molecular formula is C13H14O. The monoisotopic (exact) mass is 186 g/mol. The number of hydrogen-bond acceptors (Lipinski definition) is 1. The van der Waals surface area contributed by atoms with Crippen molar-refractivity contribution in [3.05, 3.63) is 53.6 Å². The third kappa shape index (κ3) is 2.70. The van der Waals surface area contributed by atoms with Gasteiger partial charge in [0, 0.05) is 0 Å². The molecule has 0 atom stereocenters. The Morgan fingerprint density at radius 3 is 2.36 bits per heavy atom. The van der Waals surface area contributed by atoms with Gasteiger partial charge in [-0.05, 0) is 31.1 Å². The number of aldehydes is 1. The average molecular weight is 186 g/mol. The number of aryl methyl sites for hydroxylation is 1. The van der Waals surface area contributed by atoms with E-state index in [0.717, 1.165) is 17.4 Å². The van der Waals surface area contributed by atoms with Crippen LogP contribution in [0, 0.1) is 6.92 Å². The molecule has 0 aliphatic carbocycles. The predicted octanol–water partition coefficient (Wildman–Crippen LogP) is 3.15. The number of hydrogen-bond donors (Lipinski definition) is 0. The molecule has 0 N–H and O–H groups in total. The van der Waals surface area contributed by atoms with Gasteiger partial charge in [-0.15, -0.1) is 0 Å². The molecule has 1 aromatic carbocycles. The lowest BCUT2D eigenvalue weighted by atomic mass is 10.0. The molecule has 0 unspecified atom stereocenters. The van der Waals surface area contributed by atoms with Crippen LogP contribution in [0.1, 0.15) is 18.1 Å². The second-order valence-electron chi connectivity index (χ2n) is 3.11. The Labute approximate surface area is 84.8 Å². The van der Waals surface area contributed by atoms with Gasteiger partial charge in [0.1, 0.15) is 6.29 Å². The van der Waals surface area contributed by atoms with Gasteiger partial charge in [0.2, 0.25) is 0 Å². The molecular weight excluding hydrogens is 172 g/mol. The lowest BCUT2D eigenvalue weighted by molar-refractivity contribution is -0.104. The summed E-state index contributed by atoms with van der Waals surface area (Å²) < 4.78 is 0. The van der Waals surface area contributed by atoms with E-state index in [9.17, 15) is 4.79 Å². The van der Waals surface area contributed by atoms with Crippen LogP contribution in [0.25, 0.3) is 5.57 Å². The standard InChI is InChI=1S/C13H14O/c1-3-12(5-4-10-14)13-8-6-11(2)7-9-13/h3-10H,1-2H3/b5-4-,12-3+. The first-order chi connectivity index (χ1) is 6.77. The van der Waals surface area contributed by atoms with E-state index < -0.39 is 0 Å². The molecule has 0 heterocycles. The van der Waals surface area contributed by atoms with E-state index in [2.05, 4.69) is 31.2 Å². The van der Waals surface area contributed by atoms with Gasteiger partial charge >= 0.3 is 0 Å². The normalized spacial score (nSPS) is 12.0. The van der Waals surface area contributed by atoms with Crippen molar-refractivity contribution in [3.8, 4) is 0 Å². The first-order valence-electron chi connectivity index (χ1n) is 4.63. The van der Waals surface area contributed by atoms with Crippen LogP contribution in [0.2, 0.25) is 0 Å². The smallest absolute Gasteiger partial charge is 0.142 e. The van der Waals surface area contributed by atoms with Gasteiger partial charge in [0.25, 0.3) is 0 Å². The molecule has 0 spiro atoms. The molecule has 1 nitrogen and oxygen atoms in total. The quantitative estimate of drug-likeness (QED) is 0.402. The van der Waals surface area contributed by atoms with Crippen molar-refractivity contribution in [1.82, 2.24) is 0 Å². The van der Waals surface area contributed by atoms with Crippen LogP contribution in [-0.4, -0.2) is 6.29 Å². The fraction of sp³-hybridized carbons (Fsp3) is 0.154. The second-order valence-corrected chi connectivity index (χ2v) is 3.11. The zero-order valence-corrected chi connectivity index (χ0v) is 8.53. The summed E-state index contributed by atoms with van der Waals surface area (Å²) >= 11 is 0. The number of carbonyl (C=O) groups is 1. The van der Waals surface area contributed by atoms with Crippen LogP contribution in [0.4, 0.5) is 0 Å². The Morgan fingerprint density at radius 1 is 1.21 bits per heavy atom. The molecule has 0 radical (unpaired) electrons. The summed E-state index contributed by atoms with van der Waals surface area (Å²) in [6.07, 6.45) is 6.11. The van der Waals surface area contributed by atoms with Crippen molar-refractivity contribution in [2.75, 3.05) is 0 Å². The third-order valence-corrected chi connectivity index (χ3v) is 2.05. The average Bonchev–Trinajstić information content (AvgIpc) is 2.21. The maximum Gasteiger partial charge on any atom is 0.142 e. The highest BCUT2D eigenvalue weighted by Gasteiger charge is 1.94. The van der Waals surface area contributed by atoms with Crippen LogP contribution < -0.4 is 0 Å². The largest absolute Gasteiger partial charge is 0.299 e. The first kappa shape index (κ1) is 10.5. The third-order valence-electron chi connectivity index (χ3n) is 2.05. The van der Waals surface area contributed by atoms with Crippen LogP contribution in [-0.2, 0) is 4.79 Å². The Morgan fingerprint density at radius 2 is 1.86 bits per heavy atom. The highest BCUT2D eigenvalue weighted by molar-refractivity contribution is 5.79. The van der Waals surface area contributed by atoms with Crippen molar-refractivity contribution in [1.29, 1.82) is 0 Å². The molecule has 0 fully saturated rings. The molecule has 0 aliphatic heterocycles. The first-order valence-corrected chi connectivity index (χ1v) is 4.63. The summed E-state index contributed by atoms with van der Waals surface area (Å²) in [7, 11) is 0. The topological polar surface area (TPSA) is 17.1 Å². The lowest BCUT2D eigenvalue weighted by Crippen LogP contribution is -1.81. The second kappa shape index (κ2) is 5.18. The van der Waals surface area contributed by atoms with Crippen LogP contribution in [0.15, 0.2) is 42.5 Å². The van der Waals surface area contributed by atoms with Gasteiger partial charge in [0.15, 0.2) is 0 Å². The molecule has 0 amide bonds. The summed E-state index contributed by atoms with van der Waals surface area (Å²) in [5.41, 5.74) is 3.44. The summed E-state index contributed by atoms with van der Waals surface area (Å²) in [5, 5.41) is 0. The number of benzene rings is 1. The maximum atomic E-state index is 10.2. The zero-order valence-electron chi connectivity index (χ0n) is 8.53. The van der Waals surface area contributed by atoms with E-state index in [1.807, 2.05) is 19.1 Å². The highest BCUT2D eigenvalue weighted by Crippen LogP contribution is 2.15. The van der Waals surface area contributed by atoms with E-state index in [1.165, 1.54) is 11.6 Å². The lowest BCUT2D eigenvalue weighted by Gasteiger charge is -2.01. The minimum atomic E-state index is 0.789. The van der Waals surface area contributed by atoms with Gasteiger partial charge in [-0.3, -0.25) is 4.79 Å². The number of allylic oxidation sites excluding steroid dienone is 4. The summed E-state index contributed by atoms with van der Waals surface area (Å²) in [6.45, 7) is 4.02. The molecule has 1 heteroatoms. The Kier molecular flexibility index (Phi) is 3.86. The summed E-state index contributed by atoms with van der Waals surface area (Å²) in [6, 6.07) is 8.24. The molecule has 72 valence electrons. The van der Waals surface area contributed by atoms with E-state index in [0.29, 0.717) is 0 Å². The van der Waals surface area contributed by atoms with Gasteiger partial charge in [-0.1, -0.05) is 42.0 Å². The highest BCUT2D eigenvalue weighted by atomic mass is 16.1. The molecule has 0 aliphatic rings. The van der Waals surface area contributed by atoms with Crippen molar-refractivity contribution >= 4 is 11.9 Å². The Balaban J connectivity index is 2.96. The maximum absolute atomic E-state index is 10.2.